The number of carbonyl (C=O) groups is 1. The van der Waals surface area contributed by atoms with Gasteiger partial charge >= 0.3 is 0 Å². The van der Waals surface area contributed by atoms with E-state index in [9.17, 15) is 4.79 Å². The smallest absolute Gasteiger partial charge is 0.262 e. The Morgan fingerprint density at radius 1 is 1.04 bits per heavy atom. The molecule has 0 aliphatic rings. The molecule has 0 aliphatic heterocycles. The predicted molar refractivity (Wildman–Crippen MR) is 102 cm³/mol. The molecule has 0 aliphatic carbocycles. The molecule has 0 unspecified atom stereocenters. The van der Waals surface area contributed by atoms with Crippen molar-refractivity contribution in [2.24, 2.45) is 0 Å². The van der Waals surface area contributed by atoms with E-state index in [1.165, 1.54) is 0 Å². The standard InChI is InChI=1S/C18H12BrCl2NO2/c19-15-8-13(20)9-16(21)18(15)24-10-17(23)22-14-6-5-11-3-1-2-4-12(11)7-14/h1-9H,10H2,(H,22,23). The molecule has 3 rings (SSSR count). The Bertz CT molecular complexity index is 891. The van der Waals surface area contributed by atoms with Crippen LogP contribution in [0.25, 0.3) is 10.8 Å². The summed E-state index contributed by atoms with van der Waals surface area (Å²) in [5.41, 5.74) is 0.712. The van der Waals surface area contributed by atoms with E-state index in [4.69, 9.17) is 27.9 Å². The molecule has 3 aromatic carbocycles. The number of amides is 1. The predicted octanol–water partition coefficient (Wildman–Crippen LogP) is 5.93. The van der Waals surface area contributed by atoms with Crippen LogP contribution in [0.15, 0.2) is 59.1 Å². The van der Waals surface area contributed by atoms with Crippen LogP contribution in [-0.2, 0) is 4.79 Å². The van der Waals surface area contributed by atoms with Crippen LogP contribution in [0.4, 0.5) is 5.69 Å². The molecule has 3 aromatic rings. The number of benzene rings is 3. The van der Waals surface area contributed by atoms with Crippen molar-refractivity contribution < 1.29 is 9.53 Å². The molecule has 0 radical (unpaired) electrons. The molecule has 0 heterocycles. The number of nitrogens with one attached hydrogen (secondary N) is 1. The Morgan fingerprint density at radius 3 is 2.54 bits per heavy atom. The monoisotopic (exact) mass is 423 g/mol. The number of carbonyl (C=O) groups excluding carboxylic acids is 1. The largest absolute Gasteiger partial charge is 0.481 e. The number of hydrogen-bond donors (Lipinski definition) is 1. The fraction of sp³-hybridized carbons (Fsp3) is 0.0556. The second-order valence-corrected chi connectivity index (χ2v) is 6.80. The summed E-state index contributed by atoms with van der Waals surface area (Å²) in [5.74, 6) is 0.109. The Morgan fingerprint density at radius 2 is 1.79 bits per heavy atom. The lowest BCUT2D eigenvalue weighted by molar-refractivity contribution is -0.118. The van der Waals surface area contributed by atoms with Crippen LogP contribution in [0.3, 0.4) is 0 Å². The summed E-state index contributed by atoms with van der Waals surface area (Å²) in [6.07, 6.45) is 0. The molecule has 1 amide bonds. The number of ether oxygens (including phenoxy) is 1. The van der Waals surface area contributed by atoms with Gasteiger partial charge < -0.3 is 10.1 Å². The van der Waals surface area contributed by atoms with Crippen LogP contribution in [-0.4, -0.2) is 12.5 Å². The molecule has 0 fully saturated rings. The normalized spacial score (nSPS) is 10.6. The molecule has 24 heavy (non-hydrogen) atoms. The van der Waals surface area contributed by atoms with Crippen molar-refractivity contribution in [2.75, 3.05) is 11.9 Å². The Labute approximate surface area is 157 Å². The van der Waals surface area contributed by atoms with Gasteiger partial charge in [-0.3, -0.25) is 4.79 Å². The summed E-state index contributed by atoms with van der Waals surface area (Å²) < 4.78 is 6.09. The molecule has 122 valence electrons. The third kappa shape index (κ3) is 4.01. The van der Waals surface area contributed by atoms with E-state index < -0.39 is 0 Å². The van der Waals surface area contributed by atoms with E-state index in [2.05, 4.69) is 21.2 Å². The molecule has 6 heteroatoms. The van der Waals surface area contributed by atoms with Gasteiger partial charge in [-0.1, -0.05) is 53.5 Å². The van der Waals surface area contributed by atoms with Crippen LogP contribution in [0.2, 0.25) is 10.0 Å². The second kappa shape index (κ2) is 7.43. The molecule has 0 saturated carbocycles. The number of anilines is 1. The van der Waals surface area contributed by atoms with Crippen LogP contribution < -0.4 is 10.1 Å². The molecule has 3 nitrogen and oxygen atoms in total. The van der Waals surface area contributed by atoms with Gasteiger partial charge in [-0.15, -0.1) is 0 Å². The lowest BCUT2D eigenvalue weighted by atomic mass is 10.1. The third-order valence-electron chi connectivity index (χ3n) is 3.34. The van der Waals surface area contributed by atoms with Crippen molar-refractivity contribution in [3.8, 4) is 5.75 Å². The van der Waals surface area contributed by atoms with Gasteiger partial charge in [0.25, 0.3) is 5.91 Å². The van der Waals surface area contributed by atoms with Crippen LogP contribution >= 0.6 is 39.1 Å². The van der Waals surface area contributed by atoms with Crippen molar-refractivity contribution >= 4 is 61.5 Å². The maximum atomic E-state index is 12.1. The van der Waals surface area contributed by atoms with E-state index in [-0.39, 0.29) is 12.5 Å². The highest BCUT2D eigenvalue weighted by Crippen LogP contribution is 2.36. The van der Waals surface area contributed by atoms with E-state index in [1.54, 1.807) is 12.1 Å². The Kier molecular flexibility index (Phi) is 5.29. The summed E-state index contributed by atoms with van der Waals surface area (Å²) in [6.45, 7) is -0.160. The Hall–Kier alpha value is -1.75. The molecule has 0 atom stereocenters. The SMILES string of the molecule is O=C(COc1c(Cl)cc(Cl)cc1Br)Nc1ccc2ccccc2c1. The zero-order valence-electron chi connectivity index (χ0n) is 12.4. The lowest BCUT2D eigenvalue weighted by Crippen LogP contribution is -2.20. The minimum absolute atomic E-state index is 0.160. The van der Waals surface area contributed by atoms with Crippen molar-refractivity contribution in [2.45, 2.75) is 0 Å². The fourth-order valence-corrected chi connectivity index (χ4v) is 3.64. The number of rotatable bonds is 4. The maximum absolute atomic E-state index is 12.1. The minimum atomic E-state index is -0.275. The second-order valence-electron chi connectivity index (χ2n) is 5.10. The molecule has 0 saturated heterocycles. The summed E-state index contributed by atoms with van der Waals surface area (Å²) in [4.78, 5) is 12.1. The number of hydrogen-bond acceptors (Lipinski definition) is 2. The summed E-state index contributed by atoms with van der Waals surface area (Å²) >= 11 is 15.3. The van der Waals surface area contributed by atoms with Crippen molar-refractivity contribution in [1.29, 1.82) is 0 Å². The first-order chi connectivity index (χ1) is 11.5. The Balaban J connectivity index is 1.67. The van der Waals surface area contributed by atoms with Crippen molar-refractivity contribution in [1.82, 2.24) is 0 Å². The molecule has 0 aromatic heterocycles. The molecule has 0 spiro atoms. The van der Waals surface area contributed by atoms with Gasteiger partial charge in [-0.05, 0) is 51.0 Å². The minimum Gasteiger partial charge on any atom is -0.481 e. The summed E-state index contributed by atoms with van der Waals surface area (Å²) in [6, 6.07) is 16.9. The van der Waals surface area contributed by atoms with Crippen molar-refractivity contribution in [3.05, 3.63) is 69.1 Å². The summed E-state index contributed by atoms with van der Waals surface area (Å²) in [5, 5.41) is 5.80. The molecular formula is C18H12BrCl2NO2. The molecule has 0 bridgehead atoms. The molecular weight excluding hydrogens is 413 g/mol. The zero-order chi connectivity index (χ0) is 17.1. The fourth-order valence-electron chi connectivity index (χ4n) is 2.27. The van der Waals surface area contributed by atoms with Gasteiger partial charge in [0.1, 0.15) is 0 Å². The van der Waals surface area contributed by atoms with Gasteiger partial charge in [0, 0.05) is 10.7 Å². The zero-order valence-corrected chi connectivity index (χ0v) is 15.5. The van der Waals surface area contributed by atoms with Crippen LogP contribution in [0, 0.1) is 0 Å². The number of fused-ring (bicyclic) bond motifs is 1. The first-order valence-corrected chi connectivity index (χ1v) is 8.64. The van der Waals surface area contributed by atoms with E-state index >= 15 is 0 Å². The summed E-state index contributed by atoms with van der Waals surface area (Å²) in [7, 11) is 0. The molecule has 1 N–H and O–H groups in total. The van der Waals surface area contributed by atoms with E-state index in [1.807, 2.05) is 42.5 Å². The first kappa shape index (κ1) is 17.1. The highest BCUT2D eigenvalue weighted by atomic mass is 79.9. The van der Waals surface area contributed by atoms with E-state index in [0.717, 1.165) is 10.8 Å². The van der Waals surface area contributed by atoms with Crippen molar-refractivity contribution in [3.63, 3.8) is 0 Å². The van der Waals surface area contributed by atoms with Gasteiger partial charge in [0.05, 0.1) is 9.50 Å². The number of halogens is 3. The third-order valence-corrected chi connectivity index (χ3v) is 4.43. The van der Waals surface area contributed by atoms with Gasteiger partial charge in [-0.25, -0.2) is 0 Å². The average Bonchev–Trinajstić information content (AvgIpc) is 2.53. The maximum Gasteiger partial charge on any atom is 0.262 e. The highest BCUT2D eigenvalue weighted by molar-refractivity contribution is 9.10. The quantitative estimate of drug-likeness (QED) is 0.563. The van der Waals surface area contributed by atoms with Gasteiger partial charge in [0.2, 0.25) is 0 Å². The highest BCUT2D eigenvalue weighted by Gasteiger charge is 2.11. The first-order valence-electron chi connectivity index (χ1n) is 7.09. The van der Waals surface area contributed by atoms with Crippen LogP contribution in [0.5, 0.6) is 5.75 Å². The van der Waals surface area contributed by atoms with E-state index in [0.29, 0.717) is 26.0 Å². The topological polar surface area (TPSA) is 38.3 Å². The van der Waals surface area contributed by atoms with Gasteiger partial charge in [0.15, 0.2) is 12.4 Å². The average molecular weight is 425 g/mol. The van der Waals surface area contributed by atoms with Gasteiger partial charge in [-0.2, -0.15) is 0 Å². The lowest BCUT2D eigenvalue weighted by Gasteiger charge is -2.11. The van der Waals surface area contributed by atoms with Crippen LogP contribution in [0.1, 0.15) is 0 Å².